The van der Waals surface area contributed by atoms with Gasteiger partial charge < -0.3 is 0 Å². The van der Waals surface area contributed by atoms with Gasteiger partial charge in [-0.05, 0) is 47.5 Å². The highest BCUT2D eigenvalue weighted by atomic mass is 79.9. The molecule has 152 valence electrons. The van der Waals surface area contributed by atoms with Gasteiger partial charge in [0.05, 0.1) is 35.3 Å². The van der Waals surface area contributed by atoms with Crippen LogP contribution in [0.4, 0.5) is 0 Å². The van der Waals surface area contributed by atoms with Gasteiger partial charge in [0, 0.05) is 4.47 Å². The molecule has 3 aromatic carbocycles. The van der Waals surface area contributed by atoms with Crippen LogP contribution in [0.5, 0.6) is 0 Å². The first-order chi connectivity index (χ1) is 14.9. The van der Waals surface area contributed by atoms with Gasteiger partial charge in [-0.1, -0.05) is 46.3 Å². The molecule has 0 fully saturated rings. The van der Waals surface area contributed by atoms with E-state index in [9.17, 15) is 19.2 Å². The highest BCUT2D eigenvalue weighted by molar-refractivity contribution is 9.10. The Hall–Kier alpha value is -3.58. The third-order valence-corrected chi connectivity index (χ3v) is 5.91. The third kappa shape index (κ3) is 3.18. The lowest BCUT2D eigenvalue weighted by molar-refractivity contribution is 0.0630. The van der Waals surface area contributed by atoms with Crippen LogP contribution in [-0.4, -0.2) is 33.4 Å². The Balaban J connectivity index is 1.40. The van der Waals surface area contributed by atoms with E-state index >= 15 is 0 Å². The minimum absolute atomic E-state index is 0.0981. The number of nitrogens with zero attached hydrogens (tertiary/aromatic N) is 2. The average Bonchev–Trinajstić information content (AvgIpc) is 3.15. The topological polar surface area (TPSA) is 74.8 Å². The zero-order valence-electron chi connectivity index (χ0n) is 16.2. The Morgan fingerprint density at radius 2 is 0.871 bits per heavy atom. The van der Waals surface area contributed by atoms with Crippen LogP contribution in [-0.2, 0) is 13.1 Å². The Labute approximate surface area is 186 Å². The first kappa shape index (κ1) is 19.4. The van der Waals surface area contributed by atoms with Crippen molar-refractivity contribution in [2.45, 2.75) is 13.1 Å². The van der Waals surface area contributed by atoms with Crippen LogP contribution in [0, 0.1) is 0 Å². The summed E-state index contributed by atoms with van der Waals surface area (Å²) >= 11 is 3.45. The van der Waals surface area contributed by atoms with Crippen LogP contribution < -0.4 is 0 Å². The van der Waals surface area contributed by atoms with E-state index in [2.05, 4.69) is 15.9 Å². The van der Waals surface area contributed by atoms with E-state index in [1.165, 1.54) is 9.80 Å². The lowest BCUT2D eigenvalue weighted by atomic mass is 10.1. The fourth-order valence-electron chi connectivity index (χ4n) is 4.03. The predicted octanol–water partition coefficient (Wildman–Crippen LogP) is 4.04. The molecule has 7 heteroatoms. The molecular weight excluding hydrogens is 460 g/mol. The van der Waals surface area contributed by atoms with Gasteiger partial charge in [0.25, 0.3) is 23.6 Å². The van der Waals surface area contributed by atoms with Gasteiger partial charge in [0.2, 0.25) is 0 Å². The zero-order valence-corrected chi connectivity index (χ0v) is 17.8. The summed E-state index contributed by atoms with van der Waals surface area (Å²) in [5.74, 6) is -1.32. The van der Waals surface area contributed by atoms with Gasteiger partial charge in [-0.25, -0.2) is 0 Å². The summed E-state index contributed by atoms with van der Waals surface area (Å²) in [6.45, 7) is 0.196. The summed E-state index contributed by atoms with van der Waals surface area (Å²) in [5, 5.41) is 0. The molecule has 0 saturated heterocycles. The third-order valence-electron chi connectivity index (χ3n) is 5.46. The minimum Gasteiger partial charge on any atom is -0.270 e. The number of amides is 4. The summed E-state index contributed by atoms with van der Waals surface area (Å²) in [6, 6.07) is 18.9. The van der Waals surface area contributed by atoms with Gasteiger partial charge in [0.1, 0.15) is 0 Å². The average molecular weight is 475 g/mol. The number of fused-ring (bicyclic) bond motifs is 2. The van der Waals surface area contributed by atoms with Crippen LogP contribution in [0.15, 0.2) is 71.2 Å². The van der Waals surface area contributed by atoms with Crippen molar-refractivity contribution >= 4 is 39.6 Å². The monoisotopic (exact) mass is 474 g/mol. The molecule has 0 aromatic heterocycles. The molecule has 0 atom stereocenters. The van der Waals surface area contributed by atoms with Crippen LogP contribution in [0.3, 0.4) is 0 Å². The van der Waals surface area contributed by atoms with Crippen LogP contribution >= 0.6 is 15.9 Å². The van der Waals surface area contributed by atoms with Crippen molar-refractivity contribution in [1.82, 2.24) is 9.80 Å². The SMILES string of the molecule is O=C1c2ccccc2C(=O)N1Cc1cc(Br)cc(CN2C(=O)c3ccccc3C2=O)c1. The normalized spacial score (nSPS) is 15.0. The Morgan fingerprint density at radius 1 is 0.548 bits per heavy atom. The van der Waals surface area contributed by atoms with Crippen LogP contribution in [0.2, 0.25) is 0 Å². The van der Waals surface area contributed by atoms with Gasteiger partial charge >= 0.3 is 0 Å². The predicted molar refractivity (Wildman–Crippen MR) is 115 cm³/mol. The van der Waals surface area contributed by atoms with E-state index in [1.807, 2.05) is 12.1 Å². The summed E-state index contributed by atoms with van der Waals surface area (Å²) in [5.41, 5.74) is 3.02. The fraction of sp³-hybridized carbons (Fsp3) is 0.0833. The first-order valence-electron chi connectivity index (χ1n) is 9.63. The number of carbonyl (C=O) groups excluding carboxylic acids is 4. The van der Waals surface area contributed by atoms with Crippen molar-refractivity contribution in [3.63, 3.8) is 0 Å². The fourth-order valence-corrected chi connectivity index (χ4v) is 4.62. The van der Waals surface area contributed by atoms with E-state index < -0.39 is 0 Å². The first-order valence-corrected chi connectivity index (χ1v) is 10.4. The lowest BCUT2D eigenvalue weighted by Gasteiger charge is -2.17. The number of benzene rings is 3. The van der Waals surface area contributed by atoms with E-state index in [1.54, 1.807) is 54.6 Å². The Kier molecular flexibility index (Phi) is 4.55. The second-order valence-corrected chi connectivity index (χ2v) is 8.37. The maximum Gasteiger partial charge on any atom is 0.261 e. The molecule has 0 unspecified atom stereocenters. The molecule has 2 aliphatic rings. The molecule has 0 saturated carbocycles. The van der Waals surface area contributed by atoms with E-state index in [0.29, 0.717) is 22.3 Å². The van der Waals surface area contributed by atoms with Crippen molar-refractivity contribution < 1.29 is 19.2 Å². The molecule has 2 heterocycles. The molecule has 0 N–H and O–H groups in total. The molecule has 4 amide bonds. The molecule has 6 nitrogen and oxygen atoms in total. The second kappa shape index (κ2) is 7.28. The summed E-state index contributed by atoms with van der Waals surface area (Å²) in [6.07, 6.45) is 0. The largest absolute Gasteiger partial charge is 0.270 e. The highest BCUT2D eigenvalue weighted by Gasteiger charge is 2.36. The van der Waals surface area contributed by atoms with E-state index in [4.69, 9.17) is 0 Å². The molecule has 5 rings (SSSR count). The minimum atomic E-state index is -0.331. The molecule has 0 radical (unpaired) electrons. The summed E-state index contributed by atoms with van der Waals surface area (Å²) in [4.78, 5) is 53.1. The number of imide groups is 2. The van der Waals surface area contributed by atoms with Gasteiger partial charge in [-0.3, -0.25) is 29.0 Å². The van der Waals surface area contributed by atoms with Crippen LogP contribution in [0.25, 0.3) is 0 Å². The lowest BCUT2D eigenvalue weighted by Crippen LogP contribution is -2.30. The van der Waals surface area contributed by atoms with Crippen molar-refractivity contribution in [3.05, 3.63) is 105 Å². The second-order valence-electron chi connectivity index (χ2n) is 7.45. The van der Waals surface area contributed by atoms with Crippen LogP contribution in [0.1, 0.15) is 52.6 Å². The van der Waals surface area contributed by atoms with E-state index in [0.717, 1.165) is 15.6 Å². The molecule has 31 heavy (non-hydrogen) atoms. The number of hydrogen-bond acceptors (Lipinski definition) is 4. The standard InChI is InChI=1S/C24H15BrN2O4/c25-16-10-14(12-26-21(28)17-5-1-2-6-18(17)22(26)29)9-15(11-16)13-27-23(30)19-7-3-4-8-20(19)24(27)31/h1-11H,12-13H2. The van der Waals surface area contributed by atoms with Crippen molar-refractivity contribution in [2.75, 3.05) is 0 Å². The number of carbonyl (C=O) groups is 4. The van der Waals surface area contributed by atoms with Gasteiger partial charge in [-0.2, -0.15) is 0 Å². The van der Waals surface area contributed by atoms with Crippen molar-refractivity contribution in [3.8, 4) is 0 Å². The molecule has 0 aliphatic carbocycles. The maximum absolute atomic E-state index is 12.7. The van der Waals surface area contributed by atoms with Crippen molar-refractivity contribution in [1.29, 1.82) is 0 Å². The number of halogens is 1. The van der Waals surface area contributed by atoms with Crippen molar-refractivity contribution in [2.24, 2.45) is 0 Å². The number of hydrogen-bond donors (Lipinski definition) is 0. The maximum atomic E-state index is 12.7. The zero-order chi connectivity index (χ0) is 21.7. The molecule has 0 bridgehead atoms. The molecule has 2 aliphatic heterocycles. The quantitative estimate of drug-likeness (QED) is 0.534. The molecule has 0 spiro atoms. The van der Waals surface area contributed by atoms with E-state index in [-0.39, 0.29) is 36.7 Å². The summed E-state index contributed by atoms with van der Waals surface area (Å²) < 4.78 is 0.730. The van der Waals surface area contributed by atoms with Gasteiger partial charge in [-0.15, -0.1) is 0 Å². The Morgan fingerprint density at radius 3 is 1.19 bits per heavy atom. The molecule has 3 aromatic rings. The van der Waals surface area contributed by atoms with Gasteiger partial charge in [0.15, 0.2) is 0 Å². The smallest absolute Gasteiger partial charge is 0.261 e. The summed E-state index contributed by atoms with van der Waals surface area (Å²) in [7, 11) is 0. The number of rotatable bonds is 4. The highest BCUT2D eigenvalue weighted by Crippen LogP contribution is 2.28. The molecular formula is C24H15BrN2O4. The Bertz CT molecular complexity index is 1130.